The fourth-order valence-electron chi connectivity index (χ4n) is 2.24. The van der Waals surface area contributed by atoms with E-state index in [4.69, 9.17) is 16.7 Å². The van der Waals surface area contributed by atoms with Crippen molar-refractivity contribution in [2.75, 3.05) is 10.6 Å². The summed E-state index contributed by atoms with van der Waals surface area (Å²) in [5.41, 5.74) is 0.759. The van der Waals surface area contributed by atoms with E-state index in [1.807, 2.05) is 0 Å². The number of anilines is 4. The van der Waals surface area contributed by atoms with E-state index in [0.717, 1.165) is 0 Å². The van der Waals surface area contributed by atoms with Crippen LogP contribution in [-0.2, 0) is 0 Å². The summed E-state index contributed by atoms with van der Waals surface area (Å²) in [6.45, 7) is 0. The largest absolute Gasteiger partial charge is 0.478 e. The predicted octanol–water partition coefficient (Wildman–Crippen LogP) is 4.22. The van der Waals surface area contributed by atoms with Crippen LogP contribution in [-0.4, -0.2) is 26.0 Å². The summed E-state index contributed by atoms with van der Waals surface area (Å²) >= 11 is 5.83. The zero-order valence-corrected chi connectivity index (χ0v) is 14.3. The van der Waals surface area contributed by atoms with E-state index in [1.165, 1.54) is 30.6 Å². The van der Waals surface area contributed by atoms with Gasteiger partial charge in [-0.3, -0.25) is 10.1 Å². The second kappa shape index (κ2) is 7.67. The van der Waals surface area contributed by atoms with Gasteiger partial charge in [0.25, 0.3) is 0 Å². The molecule has 0 fully saturated rings. The number of carboxylic acids is 1. The Balaban J connectivity index is 1.92. The summed E-state index contributed by atoms with van der Waals surface area (Å²) in [5, 5.41) is 26.7. The van der Waals surface area contributed by atoms with Crippen LogP contribution < -0.4 is 10.6 Å². The lowest BCUT2D eigenvalue weighted by molar-refractivity contribution is -0.383. The summed E-state index contributed by atoms with van der Waals surface area (Å²) < 4.78 is 0. The number of aromatic carboxylic acids is 1. The van der Waals surface area contributed by atoms with E-state index in [0.29, 0.717) is 16.4 Å². The smallest absolute Gasteiger partial charge is 0.353 e. The van der Waals surface area contributed by atoms with Crippen molar-refractivity contribution in [1.29, 1.82) is 0 Å². The third-order valence-corrected chi connectivity index (χ3v) is 3.76. The first-order valence-corrected chi connectivity index (χ1v) is 7.94. The van der Waals surface area contributed by atoms with E-state index in [2.05, 4.69) is 20.6 Å². The maximum atomic E-state index is 11.6. The third kappa shape index (κ3) is 4.28. The fraction of sp³-hybridized carbons (Fsp3) is 0. The molecule has 10 heteroatoms. The molecule has 0 amide bonds. The Kier molecular flexibility index (Phi) is 5.13. The van der Waals surface area contributed by atoms with Crippen LogP contribution in [0.25, 0.3) is 0 Å². The molecule has 0 saturated carbocycles. The van der Waals surface area contributed by atoms with E-state index in [1.54, 1.807) is 24.3 Å². The SMILES string of the molecule is O=C(O)c1ccc(Nc2ncnc(Nc3ccc(Cl)cc3)c2[N+](=O)[O-])cc1. The molecule has 0 aliphatic rings. The molecule has 136 valence electrons. The first kappa shape index (κ1) is 18.1. The summed E-state index contributed by atoms with van der Waals surface area (Å²) in [4.78, 5) is 29.7. The maximum Gasteiger partial charge on any atom is 0.353 e. The highest BCUT2D eigenvalue weighted by Gasteiger charge is 2.23. The molecular weight excluding hydrogens is 374 g/mol. The molecule has 1 heterocycles. The molecule has 0 unspecified atom stereocenters. The number of aromatic nitrogens is 2. The molecule has 0 saturated heterocycles. The van der Waals surface area contributed by atoms with Gasteiger partial charge in [0.05, 0.1) is 10.5 Å². The molecule has 0 aliphatic carbocycles. The van der Waals surface area contributed by atoms with Crippen LogP contribution >= 0.6 is 11.6 Å². The Labute approximate surface area is 157 Å². The third-order valence-electron chi connectivity index (χ3n) is 3.51. The standard InChI is InChI=1S/C17H12ClN5O4/c18-11-3-7-13(8-4-11)22-16-14(23(26)27)15(19-9-20-16)21-12-5-1-10(2-6-12)17(24)25/h1-9H,(H,24,25)(H2,19,20,21,22). The second-order valence-corrected chi connectivity index (χ2v) is 5.75. The zero-order valence-electron chi connectivity index (χ0n) is 13.6. The minimum absolute atomic E-state index is 0.00183. The molecule has 3 aromatic rings. The molecule has 0 atom stereocenters. The molecule has 9 nitrogen and oxygen atoms in total. The van der Waals surface area contributed by atoms with Gasteiger partial charge in [0.1, 0.15) is 6.33 Å². The predicted molar refractivity (Wildman–Crippen MR) is 100 cm³/mol. The van der Waals surface area contributed by atoms with Gasteiger partial charge in [-0.05, 0) is 48.5 Å². The van der Waals surface area contributed by atoms with Gasteiger partial charge in [-0.15, -0.1) is 0 Å². The number of benzene rings is 2. The quantitative estimate of drug-likeness (QED) is 0.424. The van der Waals surface area contributed by atoms with Gasteiger partial charge in [-0.2, -0.15) is 0 Å². The summed E-state index contributed by atoms with van der Waals surface area (Å²) in [6.07, 6.45) is 1.18. The lowest BCUT2D eigenvalue weighted by atomic mass is 10.2. The van der Waals surface area contributed by atoms with Gasteiger partial charge in [-0.1, -0.05) is 11.6 Å². The van der Waals surface area contributed by atoms with Crippen LogP contribution in [0, 0.1) is 10.1 Å². The molecule has 0 radical (unpaired) electrons. The summed E-state index contributed by atoms with van der Waals surface area (Å²) in [6, 6.07) is 12.3. The highest BCUT2D eigenvalue weighted by atomic mass is 35.5. The van der Waals surface area contributed by atoms with Gasteiger partial charge in [0.2, 0.25) is 11.6 Å². The van der Waals surface area contributed by atoms with Gasteiger partial charge in [0.15, 0.2) is 0 Å². The number of nitrogens with one attached hydrogen (secondary N) is 2. The lowest BCUT2D eigenvalue weighted by Gasteiger charge is -2.10. The lowest BCUT2D eigenvalue weighted by Crippen LogP contribution is -2.05. The monoisotopic (exact) mass is 385 g/mol. The summed E-state index contributed by atoms with van der Waals surface area (Å²) in [5.74, 6) is -1.10. The van der Waals surface area contributed by atoms with Crippen LogP contribution in [0.1, 0.15) is 10.4 Å². The second-order valence-electron chi connectivity index (χ2n) is 5.32. The van der Waals surface area contributed by atoms with Gasteiger partial charge < -0.3 is 15.7 Å². The minimum atomic E-state index is -1.07. The highest BCUT2D eigenvalue weighted by molar-refractivity contribution is 6.30. The molecule has 0 spiro atoms. The molecule has 1 aromatic heterocycles. The topological polar surface area (TPSA) is 130 Å². The van der Waals surface area contributed by atoms with Crippen LogP contribution in [0.15, 0.2) is 54.9 Å². The van der Waals surface area contributed by atoms with E-state index >= 15 is 0 Å². The minimum Gasteiger partial charge on any atom is -0.478 e. The van der Waals surface area contributed by atoms with Gasteiger partial charge in [-0.25, -0.2) is 14.8 Å². The van der Waals surface area contributed by atoms with Crippen molar-refractivity contribution in [2.24, 2.45) is 0 Å². The van der Waals surface area contributed by atoms with Crippen molar-refractivity contribution in [3.8, 4) is 0 Å². The van der Waals surface area contributed by atoms with E-state index in [9.17, 15) is 14.9 Å². The number of halogens is 1. The van der Waals surface area contributed by atoms with Crippen LogP contribution in [0.2, 0.25) is 5.02 Å². The first-order chi connectivity index (χ1) is 12.9. The Bertz CT molecular complexity index is 993. The van der Waals surface area contributed by atoms with Gasteiger partial charge >= 0.3 is 11.7 Å². The number of rotatable bonds is 6. The molecule has 27 heavy (non-hydrogen) atoms. The molecule has 3 rings (SSSR count). The first-order valence-electron chi connectivity index (χ1n) is 7.56. The Hall–Kier alpha value is -3.72. The van der Waals surface area contributed by atoms with Crippen molar-refractivity contribution in [2.45, 2.75) is 0 Å². The Morgan fingerprint density at radius 2 is 1.44 bits per heavy atom. The highest BCUT2D eigenvalue weighted by Crippen LogP contribution is 2.33. The van der Waals surface area contributed by atoms with Crippen molar-refractivity contribution >= 4 is 46.3 Å². The Morgan fingerprint density at radius 3 is 1.89 bits per heavy atom. The Morgan fingerprint density at radius 1 is 0.963 bits per heavy atom. The van der Waals surface area contributed by atoms with Gasteiger partial charge in [0, 0.05) is 16.4 Å². The van der Waals surface area contributed by atoms with Crippen molar-refractivity contribution in [3.63, 3.8) is 0 Å². The van der Waals surface area contributed by atoms with Crippen molar-refractivity contribution in [1.82, 2.24) is 9.97 Å². The number of nitrogens with zero attached hydrogens (tertiary/aromatic N) is 3. The number of carboxylic acid groups (broad SMARTS) is 1. The maximum absolute atomic E-state index is 11.6. The number of nitro groups is 1. The van der Waals surface area contributed by atoms with E-state index in [-0.39, 0.29) is 22.9 Å². The molecule has 2 aromatic carbocycles. The molecule has 3 N–H and O–H groups in total. The zero-order chi connectivity index (χ0) is 19.4. The molecule has 0 aliphatic heterocycles. The fourth-order valence-corrected chi connectivity index (χ4v) is 2.36. The molecule has 0 bridgehead atoms. The van der Waals surface area contributed by atoms with Crippen molar-refractivity contribution < 1.29 is 14.8 Å². The van der Waals surface area contributed by atoms with Crippen LogP contribution in [0.3, 0.4) is 0 Å². The average Bonchev–Trinajstić information content (AvgIpc) is 2.64. The molecular formula is C17H12ClN5O4. The summed E-state index contributed by atoms with van der Waals surface area (Å²) in [7, 11) is 0. The van der Waals surface area contributed by atoms with Crippen molar-refractivity contribution in [3.05, 3.63) is 75.6 Å². The average molecular weight is 386 g/mol. The van der Waals surface area contributed by atoms with Crippen LogP contribution in [0.4, 0.5) is 28.7 Å². The number of hydrogen-bond acceptors (Lipinski definition) is 7. The van der Waals surface area contributed by atoms with Crippen LogP contribution in [0.5, 0.6) is 0 Å². The normalized spacial score (nSPS) is 10.3. The number of carbonyl (C=O) groups is 1. The van der Waals surface area contributed by atoms with E-state index < -0.39 is 10.9 Å². The number of hydrogen-bond donors (Lipinski definition) is 3.